The monoisotopic (exact) mass is 916 g/mol. The fourth-order valence-electron chi connectivity index (χ4n) is 9.59. The number of rotatable bonds is 14. The van der Waals surface area contributed by atoms with E-state index in [4.69, 9.17) is 0 Å². The number of hydrogen-bond acceptors (Lipinski definition) is 10. The van der Waals surface area contributed by atoms with Crippen molar-refractivity contribution in [2.75, 3.05) is 71.8 Å². The predicted molar refractivity (Wildman–Crippen MR) is 265 cm³/mol. The van der Waals surface area contributed by atoms with E-state index < -0.39 is 23.7 Å². The zero-order valence-corrected chi connectivity index (χ0v) is 38.3. The maximum atomic E-state index is 17.2. The third-order valence-electron chi connectivity index (χ3n) is 13.1. The lowest BCUT2D eigenvalue weighted by Crippen LogP contribution is -2.47. The van der Waals surface area contributed by atoms with Crippen LogP contribution < -0.4 is 30.8 Å². The molecule has 3 aliphatic rings. The molecule has 0 saturated carbocycles. The van der Waals surface area contributed by atoms with Crippen LogP contribution in [0.4, 0.5) is 32.8 Å². The summed E-state index contributed by atoms with van der Waals surface area (Å²) in [6, 6.07) is 29.9. The Hall–Kier alpha value is -7.72. The number of imide groups is 1. The first-order valence-corrected chi connectivity index (χ1v) is 23.0. The number of nitrogens with zero attached hydrogens (tertiary/aromatic N) is 7. The van der Waals surface area contributed by atoms with Crippen molar-refractivity contribution < 1.29 is 23.6 Å². The van der Waals surface area contributed by atoms with Crippen LogP contribution in [0, 0.1) is 10.7 Å². The molecule has 68 heavy (non-hydrogen) atoms. The molecule has 15 nitrogen and oxygen atoms in total. The fourth-order valence-corrected chi connectivity index (χ4v) is 9.59. The number of nitrogens with one attached hydrogen (secondary N) is 3. The second-order valence-corrected chi connectivity index (χ2v) is 17.4. The number of piperidine rings is 1. The fraction of sp³-hybridized carbons (Fsp3) is 0.288. The van der Waals surface area contributed by atoms with Crippen molar-refractivity contribution in [2.24, 2.45) is 12.3 Å². The van der Waals surface area contributed by atoms with E-state index in [0.717, 1.165) is 72.8 Å². The van der Waals surface area contributed by atoms with Crippen molar-refractivity contribution in [3.8, 4) is 22.3 Å². The minimum atomic E-state index is -0.602. The summed E-state index contributed by atoms with van der Waals surface area (Å²) in [5.74, 6) is -1.73. The number of benzene rings is 5. The van der Waals surface area contributed by atoms with Crippen molar-refractivity contribution in [2.45, 2.75) is 45.1 Å². The SMILES string of the molecule is CC=Cc1cccc(NC(=O)c2nn(C)c3ccc(-c4ccc(N5CCCC5=O)cc4-c4ccc(N5CCN(CCc6cccc(NC7CCC(=O)NC7=O)c6N(C)N=O)CC5)cc4)c(F)c23)c1. The minimum absolute atomic E-state index is 0.0235. The third-order valence-corrected chi connectivity index (χ3v) is 13.1. The molecule has 1 unspecified atom stereocenters. The number of allylic oxidation sites excluding steroid dienone is 1. The second-order valence-electron chi connectivity index (χ2n) is 17.4. The first-order valence-electron chi connectivity index (χ1n) is 23.0. The molecule has 0 radical (unpaired) electrons. The van der Waals surface area contributed by atoms with Gasteiger partial charge in [-0.2, -0.15) is 5.10 Å². The molecule has 0 aliphatic carbocycles. The summed E-state index contributed by atoms with van der Waals surface area (Å²) in [5.41, 5.74) is 8.36. The van der Waals surface area contributed by atoms with Gasteiger partial charge in [-0.25, -0.2) is 9.40 Å². The number of anilines is 5. The lowest BCUT2D eigenvalue weighted by atomic mass is 9.92. The van der Waals surface area contributed by atoms with Gasteiger partial charge in [-0.3, -0.25) is 34.1 Å². The standard InChI is InChI=1S/C52H53FN10O5/c1-4-8-33-9-5-11-36(31-33)54-52(67)49-47-44(59(2)57-49)22-20-40(48(47)53)39-19-18-38(63-25-7-13-46(63)65)32-41(39)34-14-16-37(17-15-34)62-29-27-61(28-30-62)26-24-35-10-6-12-42(50(35)60(3)58-68)55-43-21-23-45(64)56-51(43)66/h4-6,8-12,14-20,22,31-32,43,55H,7,13,21,23-30H2,1-3H3,(H,54,67)(H,56,64,66). The zero-order chi connectivity index (χ0) is 47.5. The quantitative estimate of drug-likeness (QED) is 0.0552. The van der Waals surface area contributed by atoms with E-state index in [2.05, 4.69) is 48.3 Å². The van der Waals surface area contributed by atoms with Crippen LogP contribution >= 0.6 is 0 Å². The Morgan fingerprint density at radius 2 is 1.66 bits per heavy atom. The molecule has 16 heteroatoms. The Kier molecular flexibility index (Phi) is 13.1. The van der Waals surface area contributed by atoms with Crippen molar-refractivity contribution in [3.05, 3.63) is 131 Å². The number of fused-ring (bicyclic) bond motifs is 1. The highest BCUT2D eigenvalue weighted by molar-refractivity contribution is 6.12. The second kappa shape index (κ2) is 19.6. The van der Waals surface area contributed by atoms with Crippen molar-refractivity contribution in [3.63, 3.8) is 0 Å². The molecule has 0 spiro atoms. The molecule has 5 aromatic carbocycles. The predicted octanol–water partition coefficient (Wildman–Crippen LogP) is 8.16. The van der Waals surface area contributed by atoms with Gasteiger partial charge < -0.3 is 20.4 Å². The summed E-state index contributed by atoms with van der Waals surface area (Å²) in [4.78, 5) is 69.2. The highest BCUT2D eigenvalue weighted by atomic mass is 19.1. The highest BCUT2D eigenvalue weighted by Crippen LogP contribution is 2.40. The first-order chi connectivity index (χ1) is 33.0. The summed E-state index contributed by atoms with van der Waals surface area (Å²) in [6.45, 7) is 6.45. The number of piperazine rings is 1. The molecule has 3 fully saturated rings. The largest absolute Gasteiger partial charge is 0.372 e. The molecule has 6 aromatic rings. The number of carbonyl (C=O) groups excluding carboxylic acids is 4. The van der Waals surface area contributed by atoms with Gasteiger partial charge in [-0.1, -0.05) is 54.6 Å². The third kappa shape index (κ3) is 9.31. The van der Waals surface area contributed by atoms with E-state index in [1.165, 1.54) is 9.69 Å². The van der Waals surface area contributed by atoms with E-state index in [9.17, 15) is 24.1 Å². The van der Waals surface area contributed by atoms with Gasteiger partial charge in [0.15, 0.2) is 5.69 Å². The molecule has 3 saturated heterocycles. The van der Waals surface area contributed by atoms with Crippen LogP contribution in [0.5, 0.6) is 0 Å². The topological polar surface area (TPSA) is 165 Å². The Bertz CT molecular complexity index is 2960. The van der Waals surface area contributed by atoms with E-state index in [1.807, 2.05) is 85.8 Å². The van der Waals surface area contributed by atoms with E-state index in [-0.39, 0.29) is 29.3 Å². The molecule has 348 valence electrons. The number of amides is 4. The molecule has 4 amide bonds. The van der Waals surface area contributed by atoms with Crippen molar-refractivity contribution >= 4 is 69.0 Å². The van der Waals surface area contributed by atoms with Crippen LogP contribution in [0.1, 0.15) is 54.2 Å². The van der Waals surface area contributed by atoms with Crippen molar-refractivity contribution in [1.29, 1.82) is 0 Å². The van der Waals surface area contributed by atoms with Gasteiger partial charge in [0, 0.05) is 88.8 Å². The van der Waals surface area contributed by atoms with Crippen LogP contribution in [0.15, 0.2) is 108 Å². The molecular formula is C52H53FN10O5. The van der Waals surface area contributed by atoms with Crippen LogP contribution in [0.2, 0.25) is 0 Å². The lowest BCUT2D eigenvalue weighted by Gasteiger charge is -2.36. The molecule has 9 rings (SSSR count). The zero-order valence-electron chi connectivity index (χ0n) is 38.3. The molecule has 4 heterocycles. The maximum absolute atomic E-state index is 17.2. The molecule has 0 bridgehead atoms. The van der Waals surface area contributed by atoms with Crippen LogP contribution in [0.3, 0.4) is 0 Å². The summed E-state index contributed by atoms with van der Waals surface area (Å²) in [6.07, 6.45) is 6.32. The Balaban J connectivity index is 0.934. The molecule has 3 aliphatic heterocycles. The normalized spacial score (nSPS) is 16.7. The summed E-state index contributed by atoms with van der Waals surface area (Å²) < 4.78 is 18.7. The Morgan fingerprint density at radius 3 is 2.40 bits per heavy atom. The number of hydrogen-bond donors (Lipinski definition) is 3. The number of aromatic nitrogens is 2. The number of nitroso groups, excluding NO2 is 1. The van der Waals surface area contributed by atoms with Crippen LogP contribution in [-0.2, 0) is 27.9 Å². The highest BCUT2D eigenvalue weighted by Gasteiger charge is 2.29. The Labute approximate surface area is 393 Å². The van der Waals surface area contributed by atoms with Gasteiger partial charge in [0.2, 0.25) is 17.7 Å². The van der Waals surface area contributed by atoms with Gasteiger partial charge in [-0.05, 0) is 109 Å². The summed E-state index contributed by atoms with van der Waals surface area (Å²) in [5, 5.41) is 17.6. The number of carbonyl (C=O) groups is 4. The Morgan fingerprint density at radius 1 is 0.897 bits per heavy atom. The molecular weight excluding hydrogens is 864 g/mol. The smallest absolute Gasteiger partial charge is 0.276 e. The lowest BCUT2D eigenvalue weighted by molar-refractivity contribution is -0.133. The summed E-state index contributed by atoms with van der Waals surface area (Å²) >= 11 is 0. The summed E-state index contributed by atoms with van der Waals surface area (Å²) in [7, 11) is 3.28. The van der Waals surface area contributed by atoms with Crippen LogP contribution in [0.25, 0.3) is 39.2 Å². The minimum Gasteiger partial charge on any atom is -0.372 e. The van der Waals surface area contributed by atoms with Gasteiger partial charge >= 0.3 is 0 Å². The number of para-hydroxylation sites is 1. The van der Waals surface area contributed by atoms with E-state index in [1.54, 1.807) is 37.2 Å². The average Bonchev–Trinajstić information content (AvgIpc) is 3.94. The van der Waals surface area contributed by atoms with Crippen molar-refractivity contribution in [1.82, 2.24) is 20.0 Å². The average molecular weight is 917 g/mol. The first kappa shape index (κ1) is 45.4. The molecule has 1 atom stereocenters. The van der Waals surface area contributed by atoms with E-state index >= 15 is 4.39 Å². The number of halogens is 1. The molecule has 3 N–H and O–H groups in total. The van der Waals surface area contributed by atoms with Gasteiger partial charge in [0.25, 0.3) is 5.91 Å². The van der Waals surface area contributed by atoms with Gasteiger partial charge in [0.05, 0.1) is 27.6 Å². The molecule has 1 aromatic heterocycles. The van der Waals surface area contributed by atoms with E-state index in [0.29, 0.717) is 59.5 Å². The van der Waals surface area contributed by atoms with Gasteiger partial charge in [0.1, 0.15) is 11.9 Å². The van der Waals surface area contributed by atoms with Gasteiger partial charge in [-0.15, -0.1) is 4.91 Å². The maximum Gasteiger partial charge on any atom is 0.276 e. The van der Waals surface area contributed by atoms with Crippen LogP contribution in [-0.4, -0.2) is 90.7 Å². The number of aryl methyl sites for hydroxylation is 1.